The Morgan fingerprint density at radius 1 is 1.14 bits per heavy atom. The molecule has 0 spiro atoms. The van der Waals surface area contributed by atoms with Gasteiger partial charge in [0.15, 0.2) is 0 Å². The molecule has 2 aromatic carbocycles. The molecule has 0 saturated heterocycles. The third kappa shape index (κ3) is 6.88. The van der Waals surface area contributed by atoms with Crippen LogP contribution in [0.5, 0.6) is 5.75 Å². The summed E-state index contributed by atoms with van der Waals surface area (Å²) in [6.07, 6.45) is 0.962. The van der Waals surface area contributed by atoms with E-state index in [1.165, 1.54) is 43.3 Å². The molecule has 0 radical (unpaired) electrons. The van der Waals surface area contributed by atoms with E-state index in [2.05, 4.69) is 15.4 Å². The van der Waals surface area contributed by atoms with Gasteiger partial charge in [-0.2, -0.15) is 0 Å². The van der Waals surface area contributed by atoms with Crippen molar-refractivity contribution in [3.63, 3.8) is 0 Å². The Morgan fingerprint density at radius 3 is 2.54 bits per heavy atom. The third-order valence-electron chi connectivity index (χ3n) is 3.33. The maximum Gasteiger partial charge on any atom is 0.253 e. The Bertz CT molecular complexity index is 979. The highest BCUT2D eigenvalue weighted by Crippen LogP contribution is 2.22. The van der Waals surface area contributed by atoms with Gasteiger partial charge in [0, 0.05) is 18.7 Å². The van der Waals surface area contributed by atoms with Crippen molar-refractivity contribution < 1.29 is 27.1 Å². The number of carbonyl (C=O) groups excluding carboxylic acids is 2. The van der Waals surface area contributed by atoms with E-state index in [0.29, 0.717) is 11.4 Å². The van der Waals surface area contributed by atoms with Crippen molar-refractivity contribution in [3.8, 4) is 5.75 Å². The highest BCUT2D eigenvalue weighted by atomic mass is 32.2. The SMILES string of the molecule is CC(=O)Nc1ccc(NS(C)(=O)=O)c(C(=O)NCCOc2cccc(F)c2)c1. The second-order valence-electron chi connectivity index (χ2n) is 5.88. The molecule has 0 atom stereocenters. The molecule has 0 heterocycles. The molecular formula is C18H20FN3O5S. The van der Waals surface area contributed by atoms with Crippen molar-refractivity contribution in [2.24, 2.45) is 0 Å². The number of amides is 2. The molecule has 150 valence electrons. The molecular weight excluding hydrogens is 389 g/mol. The molecule has 10 heteroatoms. The first-order chi connectivity index (χ1) is 13.1. The van der Waals surface area contributed by atoms with E-state index >= 15 is 0 Å². The van der Waals surface area contributed by atoms with Crippen LogP contribution in [0.2, 0.25) is 0 Å². The number of benzene rings is 2. The predicted octanol–water partition coefficient (Wildman–Crippen LogP) is 1.96. The number of carbonyl (C=O) groups is 2. The van der Waals surface area contributed by atoms with E-state index in [4.69, 9.17) is 4.74 Å². The van der Waals surface area contributed by atoms with Gasteiger partial charge in [-0.1, -0.05) is 6.07 Å². The van der Waals surface area contributed by atoms with Crippen LogP contribution in [-0.4, -0.2) is 39.6 Å². The van der Waals surface area contributed by atoms with Crippen LogP contribution in [0.4, 0.5) is 15.8 Å². The van der Waals surface area contributed by atoms with Gasteiger partial charge in [-0.3, -0.25) is 14.3 Å². The zero-order chi connectivity index (χ0) is 20.7. The quantitative estimate of drug-likeness (QED) is 0.577. The minimum atomic E-state index is -3.61. The van der Waals surface area contributed by atoms with E-state index in [1.807, 2.05) is 0 Å². The average Bonchev–Trinajstić information content (AvgIpc) is 2.58. The Balaban J connectivity index is 2.07. The fraction of sp³-hybridized carbons (Fsp3) is 0.222. The Morgan fingerprint density at radius 2 is 1.89 bits per heavy atom. The summed E-state index contributed by atoms with van der Waals surface area (Å²) in [5.41, 5.74) is 0.440. The number of hydrogen-bond donors (Lipinski definition) is 3. The van der Waals surface area contributed by atoms with Gasteiger partial charge in [-0.25, -0.2) is 12.8 Å². The van der Waals surface area contributed by atoms with Gasteiger partial charge in [0.2, 0.25) is 15.9 Å². The summed E-state index contributed by atoms with van der Waals surface area (Å²) in [6.45, 7) is 1.49. The first-order valence-corrected chi connectivity index (χ1v) is 10.1. The number of anilines is 2. The summed E-state index contributed by atoms with van der Waals surface area (Å²) in [7, 11) is -3.61. The Kier molecular flexibility index (Phi) is 6.94. The van der Waals surface area contributed by atoms with Crippen LogP contribution in [0, 0.1) is 5.82 Å². The molecule has 2 amide bonds. The molecule has 28 heavy (non-hydrogen) atoms. The van der Waals surface area contributed by atoms with Crippen LogP contribution in [-0.2, 0) is 14.8 Å². The fourth-order valence-corrected chi connectivity index (χ4v) is 2.86. The Hall–Kier alpha value is -3.14. The van der Waals surface area contributed by atoms with Crippen LogP contribution in [0.3, 0.4) is 0 Å². The van der Waals surface area contributed by atoms with Gasteiger partial charge in [0.05, 0.1) is 24.1 Å². The van der Waals surface area contributed by atoms with Gasteiger partial charge < -0.3 is 15.4 Å². The maximum atomic E-state index is 13.1. The van der Waals surface area contributed by atoms with Crippen LogP contribution in [0.15, 0.2) is 42.5 Å². The number of rotatable bonds is 8. The maximum absolute atomic E-state index is 13.1. The lowest BCUT2D eigenvalue weighted by Gasteiger charge is -2.13. The zero-order valence-corrected chi connectivity index (χ0v) is 16.1. The summed E-state index contributed by atoms with van der Waals surface area (Å²) >= 11 is 0. The van der Waals surface area contributed by atoms with Crippen molar-refractivity contribution in [1.82, 2.24) is 5.32 Å². The van der Waals surface area contributed by atoms with Crippen molar-refractivity contribution in [1.29, 1.82) is 0 Å². The molecule has 0 saturated carbocycles. The topological polar surface area (TPSA) is 114 Å². The molecule has 0 aliphatic carbocycles. The van der Waals surface area contributed by atoms with Crippen molar-refractivity contribution in [2.75, 3.05) is 29.4 Å². The summed E-state index contributed by atoms with van der Waals surface area (Å²) in [4.78, 5) is 23.7. The highest BCUT2D eigenvalue weighted by Gasteiger charge is 2.15. The van der Waals surface area contributed by atoms with Crippen molar-refractivity contribution >= 4 is 33.2 Å². The zero-order valence-electron chi connectivity index (χ0n) is 15.3. The van der Waals surface area contributed by atoms with Gasteiger partial charge in [-0.15, -0.1) is 0 Å². The molecule has 2 aromatic rings. The minimum Gasteiger partial charge on any atom is -0.492 e. The standard InChI is InChI=1S/C18H20FN3O5S/c1-12(23)21-14-6-7-17(22-28(2,25)26)16(11-14)18(24)20-8-9-27-15-5-3-4-13(19)10-15/h3-7,10-11,22H,8-9H2,1-2H3,(H,20,24)(H,21,23). The largest absolute Gasteiger partial charge is 0.492 e. The first-order valence-electron chi connectivity index (χ1n) is 8.20. The summed E-state index contributed by atoms with van der Waals surface area (Å²) < 4.78 is 43.7. The first kappa shape index (κ1) is 21.2. The number of halogens is 1. The molecule has 0 aliphatic rings. The summed E-state index contributed by atoms with van der Waals surface area (Å²) in [5, 5.41) is 5.11. The van der Waals surface area contributed by atoms with Gasteiger partial charge in [0.1, 0.15) is 18.2 Å². The second kappa shape index (κ2) is 9.18. The number of sulfonamides is 1. The lowest BCUT2D eigenvalue weighted by atomic mass is 10.1. The molecule has 8 nitrogen and oxygen atoms in total. The monoisotopic (exact) mass is 409 g/mol. The fourth-order valence-electron chi connectivity index (χ4n) is 2.29. The van der Waals surface area contributed by atoms with E-state index in [0.717, 1.165) is 6.26 Å². The molecule has 2 rings (SSSR count). The highest BCUT2D eigenvalue weighted by molar-refractivity contribution is 7.92. The van der Waals surface area contributed by atoms with Crippen LogP contribution in [0.25, 0.3) is 0 Å². The summed E-state index contributed by atoms with van der Waals surface area (Å²) in [6, 6.07) is 9.79. The number of hydrogen-bond acceptors (Lipinski definition) is 5. The van der Waals surface area contributed by atoms with Gasteiger partial charge >= 0.3 is 0 Å². The van der Waals surface area contributed by atoms with Crippen LogP contribution >= 0.6 is 0 Å². The normalized spacial score (nSPS) is 10.8. The third-order valence-corrected chi connectivity index (χ3v) is 3.92. The molecule has 0 fully saturated rings. The van der Waals surface area contributed by atoms with Gasteiger partial charge in [-0.05, 0) is 30.3 Å². The minimum absolute atomic E-state index is 0.0300. The van der Waals surface area contributed by atoms with E-state index in [-0.39, 0.29) is 30.3 Å². The average molecular weight is 409 g/mol. The molecule has 0 bridgehead atoms. The summed E-state index contributed by atoms with van der Waals surface area (Å²) in [5.74, 6) is -1.02. The lowest BCUT2D eigenvalue weighted by molar-refractivity contribution is -0.114. The smallest absolute Gasteiger partial charge is 0.253 e. The van der Waals surface area contributed by atoms with Crippen LogP contribution < -0.4 is 20.1 Å². The molecule has 3 N–H and O–H groups in total. The molecule has 0 unspecified atom stereocenters. The van der Waals surface area contributed by atoms with Gasteiger partial charge in [0.25, 0.3) is 5.91 Å². The van der Waals surface area contributed by atoms with E-state index in [9.17, 15) is 22.4 Å². The van der Waals surface area contributed by atoms with Crippen LogP contribution in [0.1, 0.15) is 17.3 Å². The Labute approximate surface area is 162 Å². The van der Waals surface area contributed by atoms with E-state index < -0.39 is 21.7 Å². The number of ether oxygens (including phenoxy) is 1. The van der Waals surface area contributed by atoms with E-state index in [1.54, 1.807) is 6.07 Å². The second-order valence-corrected chi connectivity index (χ2v) is 7.63. The molecule has 0 aliphatic heterocycles. The number of nitrogens with one attached hydrogen (secondary N) is 3. The van der Waals surface area contributed by atoms with Crippen molar-refractivity contribution in [3.05, 3.63) is 53.8 Å². The predicted molar refractivity (Wildman–Crippen MR) is 103 cm³/mol. The molecule has 0 aromatic heterocycles. The van der Waals surface area contributed by atoms with Crippen molar-refractivity contribution in [2.45, 2.75) is 6.92 Å². The lowest BCUT2D eigenvalue weighted by Crippen LogP contribution is -2.29.